The number of nitrogens with one attached hydrogen (secondary N) is 2. The number of thiazole rings is 1. The number of rotatable bonds is 10. The summed E-state index contributed by atoms with van der Waals surface area (Å²) in [7, 11) is -3.45. The molecule has 1 aliphatic rings. The minimum absolute atomic E-state index is 0.0117. The molecule has 0 unspecified atom stereocenters. The predicted molar refractivity (Wildman–Crippen MR) is 157 cm³/mol. The van der Waals surface area contributed by atoms with Gasteiger partial charge in [-0.2, -0.15) is 10.1 Å². The van der Waals surface area contributed by atoms with Crippen molar-refractivity contribution in [2.24, 2.45) is 0 Å². The largest absolute Gasteiger partial charge is 0.445 e. The third kappa shape index (κ3) is 7.51. The summed E-state index contributed by atoms with van der Waals surface area (Å²) < 4.78 is 33.5. The lowest BCUT2D eigenvalue weighted by Crippen LogP contribution is -2.38. The molecule has 0 saturated carbocycles. The Kier molecular flexibility index (Phi) is 9.00. The van der Waals surface area contributed by atoms with Crippen LogP contribution >= 0.6 is 22.9 Å². The minimum atomic E-state index is -3.45. The Hall–Kier alpha value is -3.75. The fourth-order valence-electron chi connectivity index (χ4n) is 4.33. The number of carbonyl (C=O) groups is 1. The molecule has 4 aromatic rings. The number of benzene rings is 1. The van der Waals surface area contributed by atoms with Gasteiger partial charge in [0.25, 0.3) is 0 Å². The van der Waals surface area contributed by atoms with Crippen molar-refractivity contribution in [2.75, 3.05) is 28.9 Å². The molecule has 1 aromatic carbocycles. The average molecular weight is 617 g/mol. The van der Waals surface area contributed by atoms with E-state index < -0.39 is 10.0 Å². The van der Waals surface area contributed by atoms with Crippen molar-refractivity contribution in [1.82, 2.24) is 29.6 Å². The van der Waals surface area contributed by atoms with Crippen LogP contribution < -0.4 is 10.0 Å². The van der Waals surface area contributed by atoms with Crippen LogP contribution in [0, 0.1) is 0 Å². The highest BCUT2D eigenvalue weighted by atomic mass is 35.5. The third-order valence-corrected chi connectivity index (χ3v) is 9.17. The predicted octanol–water partition coefficient (Wildman–Crippen LogP) is 5.18. The normalized spacial score (nSPS) is 14.1. The summed E-state index contributed by atoms with van der Waals surface area (Å²) in [5.74, 6) is 0.826. The first-order chi connectivity index (χ1) is 19.8. The van der Waals surface area contributed by atoms with E-state index in [9.17, 15) is 13.2 Å². The minimum Gasteiger partial charge on any atom is -0.445 e. The number of likely N-dealkylation sites (tertiary alicyclic amines) is 1. The van der Waals surface area contributed by atoms with Gasteiger partial charge >= 0.3 is 6.09 Å². The summed E-state index contributed by atoms with van der Waals surface area (Å²) in [4.78, 5) is 27.5. The first kappa shape index (κ1) is 28.8. The van der Waals surface area contributed by atoms with E-state index in [0.29, 0.717) is 37.0 Å². The van der Waals surface area contributed by atoms with Crippen molar-refractivity contribution in [3.63, 3.8) is 0 Å². The maximum absolute atomic E-state index is 12.5. The smallest absolute Gasteiger partial charge is 0.410 e. The van der Waals surface area contributed by atoms with Gasteiger partial charge in [0.2, 0.25) is 16.0 Å². The van der Waals surface area contributed by atoms with Crippen molar-refractivity contribution >= 4 is 55.7 Å². The molecule has 0 atom stereocenters. The molecule has 2 N–H and O–H groups in total. The second-order valence-electron chi connectivity index (χ2n) is 9.45. The third-order valence-electron chi connectivity index (χ3n) is 6.34. The van der Waals surface area contributed by atoms with E-state index in [-0.39, 0.29) is 29.4 Å². The number of piperidine rings is 1. The Balaban J connectivity index is 1.17. The highest BCUT2D eigenvalue weighted by molar-refractivity contribution is 7.92. The number of carbonyl (C=O) groups excluding carboxylic acids is 1. The van der Waals surface area contributed by atoms with E-state index >= 15 is 0 Å². The number of hydrogen-bond donors (Lipinski definition) is 2. The average Bonchev–Trinajstić information content (AvgIpc) is 3.63. The molecule has 41 heavy (non-hydrogen) atoms. The molecule has 0 radical (unpaired) electrons. The van der Waals surface area contributed by atoms with Gasteiger partial charge in [-0.15, -0.1) is 11.3 Å². The first-order valence-corrected chi connectivity index (χ1v) is 15.9. The van der Waals surface area contributed by atoms with Crippen LogP contribution in [-0.4, -0.2) is 63.0 Å². The molecule has 3 aromatic heterocycles. The second-order valence-corrected chi connectivity index (χ2v) is 12.8. The van der Waals surface area contributed by atoms with Gasteiger partial charge in [-0.3, -0.25) is 4.72 Å². The molecule has 4 heterocycles. The number of amides is 1. The van der Waals surface area contributed by atoms with Crippen LogP contribution in [-0.2, 0) is 21.4 Å². The molecule has 15 heteroatoms. The van der Waals surface area contributed by atoms with Crippen LogP contribution in [0.2, 0.25) is 5.02 Å². The van der Waals surface area contributed by atoms with Gasteiger partial charge in [0.1, 0.15) is 16.6 Å². The SMILES string of the molecule is CCCS(=O)(=O)Nc1cnn(-c2nc(Nc3cnc(C4CCN(C(=O)OCc5ccccc5)CC4)s3)ncc2Cl)c1. The van der Waals surface area contributed by atoms with Gasteiger partial charge in [-0.1, -0.05) is 48.9 Å². The van der Waals surface area contributed by atoms with Crippen molar-refractivity contribution in [1.29, 1.82) is 0 Å². The summed E-state index contributed by atoms with van der Waals surface area (Å²) in [5, 5.41) is 9.33. The highest BCUT2D eigenvalue weighted by Crippen LogP contribution is 2.34. The van der Waals surface area contributed by atoms with Crippen molar-refractivity contribution in [2.45, 2.75) is 38.7 Å². The monoisotopic (exact) mass is 616 g/mol. The van der Waals surface area contributed by atoms with Crippen LogP contribution in [0.15, 0.2) is 55.1 Å². The maximum Gasteiger partial charge on any atom is 0.410 e. The van der Waals surface area contributed by atoms with Crippen molar-refractivity contribution < 1.29 is 17.9 Å². The van der Waals surface area contributed by atoms with Gasteiger partial charge in [0, 0.05) is 19.0 Å². The van der Waals surface area contributed by atoms with Crippen LogP contribution in [0.1, 0.15) is 42.7 Å². The zero-order valence-electron chi connectivity index (χ0n) is 22.2. The summed E-state index contributed by atoms with van der Waals surface area (Å²) >= 11 is 7.82. The lowest BCUT2D eigenvalue weighted by Gasteiger charge is -2.30. The molecule has 1 saturated heterocycles. The van der Waals surface area contributed by atoms with Gasteiger partial charge in [-0.05, 0) is 24.8 Å². The Morgan fingerprint density at radius 1 is 1.15 bits per heavy atom. The number of sulfonamides is 1. The molecule has 1 aliphatic heterocycles. The molecule has 1 amide bonds. The van der Waals surface area contributed by atoms with Crippen LogP contribution in [0.4, 0.5) is 21.4 Å². The zero-order valence-corrected chi connectivity index (χ0v) is 24.6. The van der Waals surface area contributed by atoms with Gasteiger partial charge in [0.05, 0.1) is 41.2 Å². The topological polar surface area (TPSA) is 144 Å². The van der Waals surface area contributed by atoms with E-state index in [1.807, 2.05) is 30.3 Å². The van der Waals surface area contributed by atoms with Crippen LogP contribution in [0.3, 0.4) is 0 Å². The van der Waals surface area contributed by atoms with Crippen molar-refractivity contribution in [3.8, 4) is 5.82 Å². The van der Waals surface area contributed by atoms with E-state index in [1.165, 1.54) is 34.6 Å². The maximum atomic E-state index is 12.5. The molecule has 0 spiro atoms. The lowest BCUT2D eigenvalue weighted by molar-refractivity contribution is 0.0870. The standard InChI is InChI=1S/C26H29ClN8O4S2/c1-2-12-41(37,38)33-20-13-30-35(16-20)23-21(27)14-29-25(32-23)31-22-15-28-24(40-22)19-8-10-34(11-9-19)26(36)39-17-18-6-4-3-5-7-18/h3-7,13-16,19,33H,2,8-12,17H2,1H3,(H,29,31,32). The molecule has 12 nitrogen and oxygen atoms in total. The number of nitrogens with zero attached hydrogens (tertiary/aromatic N) is 6. The molecule has 0 bridgehead atoms. The highest BCUT2D eigenvalue weighted by Gasteiger charge is 2.27. The van der Waals surface area contributed by atoms with E-state index in [2.05, 4.69) is 30.1 Å². The fraction of sp³-hybridized carbons (Fsp3) is 0.346. The lowest BCUT2D eigenvalue weighted by atomic mass is 9.98. The van der Waals surface area contributed by atoms with E-state index in [0.717, 1.165) is 28.4 Å². The second kappa shape index (κ2) is 12.8. The molecule has 1 fully saturated rings. The Bertz CT molecular complexity index is 1590. The zero-order chi connectivity index (χ0) is 28.8. The molecular weight excluding hydrogens is 588 g/mol. The molecular formula is C26H29ClN8O4S2. The summed E-state index contributed by atoms with van der Waals surface area (Å²) in [6.07, 6.45) is 7.85. The van der Waals surface area contributed by atoms with E-state index in [4.69, 9.17) is 16.3 Å². The molecule has 216 valence electrons. The van der Waals surface area contributed by atoms with Crippen LogP contribution in [0.5, 0.6) is 0 Å². The van der Waals surface area contributed by atoms with Crippen molar-refractivity contribution in [3.05, 3.63) is 70.7 Å². The summed E-state index contributed by atoms with van der Waals surface area (Å²) in [5.41, 5.74) is 1.27. The van der Waals surface area contributed by atoms with Gasteiger partial charge in [-0.25, -0.2) is 27.9 Å². The first-order valence-electron chi connectivity index (χ1n) is 13.1. The van der Waals surface area contributed by atoms with Gasteiger partial charge < -0.3 is 15.0 Å². The number of halogens is 1. The van der Waals surface area contributed by atoms with Crippen LogP contribution in [0.25, 0.3) is 5.82 Å². The summed E-state index contributed by atoms with van der Waals surface area (Å²) in [6.45, 7) is 3.25. The summed E-state index contributed by atoms with van der Waals surface area (Å²) in [6, 6.07) is 9.62. The number of aromatic nitrogens is 5. The quantitative estimate of drug-likeness (QED) is 0.246. The van der Waals surface area contributed by atoms with Gasteiger partial charge in [0.15, 0.2) is 5.82 Å². The molecule has 5 rings (SSSR count). The Morgan fingerprint density at radius 2 is 1.93 bits per heavy atom. The number of hydrogen-bond acceptors (Lipinski definition) is 10. The Labute approximate surface area is 246 Å². The fourth-order valence-corrected chi connectivity index (χ4v) is 6.60. The van der Waals surface area contributed by atoms with E-state index in [1.54, 1.807) is 18.0 Å². The molecule has 0 aliphatic carbocycles. The number of ether oxygens (including phenoxy) is 1. The number of anilines is 3. The Morgan fingerprint density at radius 3 is 2.68 bits per heavy atom.